The summed E-state index contributed by atoms with van der Waals surface area (Å²) in [6, 6.07) is 0. The van der Waals surface area contributed by atoms with Gasteiger partial charge in [-0.25, -0.2) is 0 Å². The van der Waals surface area contributed by atoms with Crippen molar-refractivity contribution in [2.75, 3.05) is 0 Å². The van der Waals surface area contributed by atoms with Crippen LogP contribution in [-0.2, 0) is 9.59 Å². The van der Waals surface area contributed by atoms with E-state index in [0.717, 1.165) is 0 Å². The molecule has 4 heteroatoms. The van der Waals surface area contributed by atoms with E-state index in [1.54, 1.807) is 0 Å². The maximum absolute atomic E-state index is 12.2. The van der Waals surface area contributed by atoms with Gasteiger partial charge in [0, 0.05) is 11.3 Å². The van der Waals surface area contributed by atoms with E-state index in [-0.39, 0.29) is 28.9 Å². The molecule has 0 fully saturated rings. The molecule has 0 N–H and O–H groups in total. The van der Waals surface area contributed by atoms with E-state index in [4.69, 9.17) is 11.6 Å². The summed E-state index contributed by atoms with van der Waals surface area (Å²) in [7, 11) is 0.526. The largest absolute Gasteiger partial charge is 0.306 e. The molecular formula is C14H27ClO2Si. The third-order valence-electron chi connectivity index (χ3n) is 4.37. The predicted octanol–water partition coefficient (Wildman–Crippen LogP) is 2.60. The van der Waals surface area contributed by atoms with E-state index in [1.807, 2.05) is 13.8 Å². The van der Waals surface area contributed by atoms with Gasteiger partial charge in [-0.2, -0.15) is 0 Å². The van der Waals surface area contributed by atoms with E-state index in [0.29, 0.717) is 22.1 Å². The zero-order chi connectivity index (χ0) is 14.7. The summed E-state index contributed by atoms with van der Waals surface area (Å²) in [6.07, 6.45) is 0.588. The van der Waals surface area contributed by atoms with Crippen LogP contribution >= 0.6 is 11.6 Å². The van der Waals surface area contributed by atoms with Crippen LogP contribution in [0, 0.1) is 29.1 Å². The molecule has 106 valence electrons. The summed E-state index contributed by atoms with van der Waals surface area (Å²) >= 11 is 5.72. The molecule has 1 atom stereocenters. The van der Waals surface area contributed by atoms with Gasteiger partial charge in [0.15, 0.2) is 0 Å². The lowest BCUT2D eigenvalue weighted by atomic mass is 9.64. The van der Waals surface area contributed by atoms with Crippen LogP contribution in [0.4, 0.5) is 0 Å². The average molecular weight is 291 g/mol. The Bertz CT molecular complexity index is 303. The van der Waals surface area contributed by atoms with Crippen LogP contribution in [0.2, 0.25) is 0 Å². The summed E-state index contributed by atoms with van der Waals surface area (Å²) in [5.74, 6) is 0.418. The molecule has 0 aliphatic rings. The summed E-state index contributed by atoms with van der Waals surface area (Å²) < 4.78 is 0. The molecule has 0 spiro atoms. The Kier molecular flexibility index (Phi) is 6.79. The van der Waals surface area contributed by atoms with Gasteiger partial charge in [-0.3, -0.25) is 4.79 Å². The molecule has 0 aromatic carbocycles. The molecule has 0 amide bonds. The van der Waals surface area contributed by atoms with Gasteiger partial charge in [0.25, 0.3) is 0 Å². The van der Waals surface area contributed by atoms with E-state index in [1.165, 1.54) is 0 Å². The van der Waals surface area contributed by atoms with Crippen molar-refractivity contribution in [3.8, 4) is 0 Å². The van der Waals surface area contributed by atoms with Crippen molar-refractivity contribution in [3.05, 3.63) is 0 Å². The number of carbonyl (C=O) groups is 2. The van der Waals surface area contributed by atoms with E-state index < -0.39 is 5.41 Å². The average Bonchev–Trinajstić information content (AvgIpc) is 2.15. The van der Waals surface area contributed by atoms with Crippen LogP contribution in [-0.4, -0.2) is 20.9 Å². The molecule has 0 aromatic heterocycles. The first-order valence-corrected chi connectivity index (χ1v) is 8.15. The normalized spacial score (nSPS) is 14.6. The Morgan fingerprint density at radius 2 is 1.44 bits per heavy atom. The van der Waals surface area contributed by atoms with Gasteiger partial charge < -0.3 is 4.79 Å². The van der Waals surface area contributed by atoms with E-state index in [2.05, 4.69) is 27.7 Å². The Hall–Kier alpha value is -0.153. The number of halogens is 1. The number of hydrogen-bond donors (Lipinski definition) is 0. The van der Waals surface area contributed by atoms with E-state index >= 15 is 0 Å². The summed E-state index contributed by atoms with van der Waals surface area (Å²) in [5.41, 5.74) is -0.397. The van der Waals surface area contributed by atoms with Gasteiger partial charge in [-0.05, 0) is 35.8 Å². The number of carbonyl (C=O) groups excluding carboxylic acids is 2. The molecule has 0 rings (SSSR count). The van der Waals surface area contributed by atoms with Crippen LogP contribution < -0.4 is 0 Å². The molecular weight excluding hydrogens is 264 g/mol. The molecule has 2 nitrogen and oxygen atoms in total. The standard InChI is InChI=1S/C14H27ClO2Si/c1-8(2)11(12(15)16)7-14(9(3)4,10(5)6)13(17)18/h8-11H,7H2,1-6,18H3. The molecule has 0 aromatic rings. The fourth-order valence-corrected chi connectivity index (χ4v) is 4.72. The molecule has 1 unspecified atom stereocenters. The maximum atomic E-state index is 12.2. The lowest BCUT2D eigenvalue weighted by molar-refractivity contribution is -0.129. The predicted molar refractivity (Wildman–Crippen MR) is 80.9 cm³/mol. The first-order valence-electron chi connectivity index (χ1n) is 6.77. The second-order valence-electron chi connectivity index (χ2n) is 6.26. The Balaban J connectivity index is 5.47. The molecule has 18 heavy (non-hydrogen) atoms. The van der Waals surface area contributed by atoms with Gasteiger partial charge in [0.05, 0.1) is 10.2 Å². The molecule has 0 heterocycles. The van der Waals surface area contributed by atoms with Crippen LogP contribution in [0.3, 0.4) is 0 Å². The summed E-state index contributed by atoms with van der Waals surface area (Å²) in [5, 5.41) is -0.00495. The molecule has 0 aliphatic carbocycles. The fourth-order valence-electron chi connectivity index (χ4n) is 3.04. The Morgan fingerprint density at radius 1 is 1.06 bits per heavy atom. The minimum Gasteiger partial charge on any atom is -0.306 e. The highest BCUT2D eigenvalue weighted by atomic mass is 35.5. The first kappa shape index (κ1) is 17.8. The van der Waals surface area contributed by atoms with Gasteiger partial charge in [0.1, 0.15) is 5.41 Å². The quantitative estimate of drug-likeness (QED) is 0.533. The highest BCUT2D eigenvalue weighted by molar-refractivity contribution is 6.64. The second-order valence-corrected chi connectivity index (χ2v) is 7.55. The third kappa shape index (κ3) is 3.67. The topological polar surface area (TPSA) is 34.1 Å². The molecule has 0 aliphatic heterocycles. The summed E-state index contributed by atoms with van der Waals surface area (Å²) in [4.78, 5) is 23.8. The fraction of sp³-hybridized carbons (Fsp3) is 0.857. The van der Waals surface area contributed by atoms with Crippen LogP contribution in [0.25, 0.3) is 0 Å². The lowest BCUT2D eigenvalue weighted by Crippen LogP contribution is -2.44. The monoisotopic (exact) mass is 290 g/mol. The van der Waals surface area contributed by atoms with Crippen molar-refractivity contribution in [1.29, 1.82) is 0 Å². The van der Waals surface area contributed by atoms with Gasteiger partial charge in [0.2, 0.25) is 5.24 Å². The van der Waals surface area contributed by atoms with Crippen molar-refractivity contribution >= 4 is 32.5 Å². The van der Waals surface area contributed by atoms with Crippen molar-refractivity contribution < 1.29 is 9.59 Å². The lowest BCUT2D eigenvalue weighted by Gasteiger charge is -2.42. The van der Waals surface area contributed by atoms with Crippen molar-refractivity contribution in [2.24, 2.45) is 29.1 Å². The number of hydrogen-bond acceptors (Lipinski definition) is 2. The Labute approximate surface area is 119 Å². The van der Waals surface area contributed by atoms with Crippen molar-refractivity contribution in [1.82, 2.24) is 0 Å². The van der Waals surface area contributed by atoms with Crippen molar-refractivity contribution in [3.63, 3.8) is 0 Å². The minimum atomic E-state index is -0.397. The molecule has 0 bridgehead atoms. The maximum Gasteiger partial charge on any atom is 0.225 e. The highest BCUT2D eigenvalue weighted by Crippen LogP contribution is 2.44. The second kappa shape index (κ2) is 6.85. The smallest absolute Gasteiger partial charge is 0.225 e. The SMILES string of the molecule is CC(C)C(CC(C(=O)[SiH3])(C(C)C)C(C)C)C(=O)Cl. The van der Waals surface area contributed by atoms with Crippen LogP contribution in [0.1, 0.15) is 48.0 Å². The first-order chi connectivity index (χ1) is 8.07. The van der Waals surface area contributed by atoms with Gasteiger partial charge >= 0.3 is 0 Å². The van der Waals surface area contributed by atoms with Crippen LogP contribution in [0.5, 0.6) is 0 Å². The molecule has 0 saturated carbocycles. The van der Waals surface area contributed by atoms with Crippen LogP contribution in [0.15, 0.2) is 0 Å². The van der Waals surface area contributed by atoms with Crippen molar-refractivity contribution in [2.45, 2.75) is 48.0 Å². The number of rotatable bonds is 7. The third-order valence-corrected chi connectivity index (χ3v) is 5.58. The minimum absolute atomic E-state index is 0.174. The zero-order valence-corrected chi connectivity index (χ0v) is 15.5. The van der Waals surface area contributed by atoms with Gasteiger partial charge in [-0.1, -0.05) is 41.5 Å². The molecule has 0 radical (unpaired) electrons. The summed E-state index contributed by atoms with van der Waals surface area (Å²) in [6.45, 7) is 12.3. The molecule has 0 saturated heterocycles. The highest BCUT2D eigenvalue weighted by Gasteiger charge is 2.44. The van der Waals surface area contributed by atoms with E-state index in [9.17, 15) is 9.59 Å². The Morgan fingerprint density at radius 3 is 1.61 bits per heavy atom. The van der Waals surface area contributed by atoms with Gasteiger partial charge in [-0.15, -0.1) is 0 Å². The zero-order valence-electron chi connectivity index (χ0n) is 12.7.